The van der Waals surface area contributed by atoms with E-state index < -0.39 is 0 Å². The van der Waals surface area contributed by atoms with Gasteiger partial charge in [-0.25, -0.2) is 0 Å². The van der Waals surface area contributed by atoms with E-state index in [2.05, 4.69) is 42.3 Å². The molecule has 0 aromatic heterocycles. The van der Waals surface area contributed by atoms with Crippen molar-refractivity contribution in [2.45, 2.75) is 38.5 Å². The lowest BCUT2D eigenvalue weighted by atomic mass is 10.0. The molecule has 0 unspecified atom stereocenters. The van der Waals surface area contributed by atoms with E-state index in [0.29, 0.717) is 0 Å². The van der Waals surface area contributed by atoms with Crippen LogP contribution in [0.5, 0.6) is 17.2 Å². The van der Waals surface area contributed by atoms with Crippen molar-refractivity contribution in [2.24, 2.45) is 0 Å². The van der Waals surface area contributed by atoms with Crippen LogP contribution >= 0.6 is 0 Å². The first-order valence-electron chi connectivity index (χ1n) is 10.9. The molecule has 0 bridgehead atoms. The zero-order valence-electron chi connectivity index (χ0n) is 18.9. The van der Waals surface area contributed by atoms with E-state index in [1.54, 1.807) is 26.9 Å². The summed E-state index contributed by atoms with van der Waals surface area (Å²) in [5, 5.41) is 0. The summed E-state index contributed by atoms with van der Waals surface area (Å²) in [7, 11) is 7.33. The average Bonchev–Trinajstić information content (AvgIpc) is 2.98. The molecule has 162 valence electrons. The minimum atomic E-state index is 0.826. The predicted octanol–water partition coefficient (Wildman–Crippen LogP) is 5.08. The SMILES string of the molecule is COc1ccc(CCN(C)CCCC2=CCc3cc(OC)c(OC)cc3CC2)cc1. The zero-order valence-corrected chi connectivity index (χ0v) is 18.9. The fourth-order valence-corrected chi connectivity index (χ4v) is 4.06. The van der Waals surface area contributed by atoms with Gasteiger partial charge in [-0.05, 0) is 93.1 Å². The van der Waals surface area contributed by atoms with Crippen LogP contribution in [0, 0.1) is 0 Å². The number of nitrogens with zero attached hydrogens (tertiary/aromatic N) is 1. The highest BCUT2D eigenvalue weighted by Crippen LogP contribution is 2.33. The molecule has 1 aliphatic carbocycles. The van der Waals surface area contributed by atoms with Crippen molar-refractivity contribution in [1.29, 1.82) is 0 Å². The second-order valence-corrected chi connectivity index (χ2v) is 8.05. The van der Waals surface area contributed by atoms with Gasteiger partial charge in [-0.1, -0.05) is 23.8 Å². The molecular formula is C26H35NO3. The molecular weight excluding hydrogens is 374 g/mol. The molecule has 4 heteroatoms. The summed E-state index contributed by atoms with van der Waals surface area (Å²) in [4.78, 5) is 2.44. The highest BCUT2D eigenvalue weighted by molar-refractivity contribution is 5.49. The van der Waals surface area contributed by atoms with E-state index in [4.69, 9.17) is 14.2 Å². The molecule has 4 nitrogen and oxygen atoms in total. The molecule has 0 radical (unpaired) electrons. The minimum Gasteiger partial charge on any atom is -0.497 e. The largest absolute Gasteiger partial charge is 0.497 e. The second kappa shape index (κ2) is 11.1. The summed E-state index contributed by atoms with van der Waals surface area (Å²) in [6.45, 7) is 2.21. The van der Waals surface area contributed by atoms with Gasteiger partial charge in [-0.15, -0.1) is 0 Å². The Hall–Kier alpha value is -2.46. The van der Waals surface area contributed by atoms with Gasteiger partial charge in [0.15, 0.2) is 11.5 Å². The topological polar surface area (TPSA) is 30.9 Å². The van der Waals surface area contributed by atoms with Gasteiger partial charge in [0.25, 0.3) is 0 Å². The van der Waals surface area contributed by atoms with Gasteiger partial charge in [-0.3, -0.25) is 0 Å². The molecule has 0 amide bonds. The van der Waals surface area contributed by atoms with Crippen molar-refractivity contribution < 1.29 is 14.2 Å². The van der Waals surface area contributed by atoms with Crippen molar-refractivity contribution in [3.8, 4) is 17.2 Å². The third-order valence-corrected chi connectivity index (χ3v) is 6.01. The molecule has 3 rings (SSSR count). The number of aryl methyl sites for hydroxylation is 1. The number of ether oxygens (including phenoxy) is 3. The van der Waals surface area contributed by atoms with Gasteiger partial charge in [0.2, 0.25) is 0 Å². The lowest BCUT2D eigenvalue weighted by Crippen LogP contribution is -2.22. The Balaban J connectivity index is 1.44. The first kappa shape index (κ1) is 22.2. The van der Waals surface area contributed by atoms with Gasteiger partial charge in [0, 0.05) is 6.54 Å². The zero-order chi connectivity index (χ0) is 21.3. The maximum absolute atomic E-state index is 5.47. The summed E-state index contributed by atoms with van der Waals surface area (Å²) in [6, 6.07) is 12.7. The Bertz CT molecular complexity index is 842. The molecule has 0 aliphatic heterocycles. The van der Waals surface area contributed by atoms with Crippen LogP contribution in [0.1, 0.15) is 36.0 Å². The number of fused-ring (bicyclic) bond motifs is 1. The van der Waals surface area contributed by atoms with Crippen LogP contribution in [-0.4, -0.2) is 46.4 Å². The lowest BCUT2D eigenvalue weighted by Gasteiger charge is -2.17. The summed E-state index contributed by atoms with van der Waals surface area (Å²) in [5.41, 5.74) is 5.68. The number of likely N-dealkylation sites (N-methyl/N-ethyl adjacent to an activating group) is 1. The number of methoxy groups -OCH3 is 3. The normalized spacial score (nSPS) is 13.4. The molecule has 0 atom stereocenters. The smallest absolute Gasteiger partial charge is 0.161 e. The van der Waals surface area contributed by atoms with Crippen LogP contribution < -0.4 is 14.2 Å². The average molecular weight is 410 g/mol. The van der Waals surface area contributed by atoms with E-state index in [1.165, 1.54) is 29.5 Å². The third-order valence-electron chi connectivity index (χ3n) is 6.01. The summed E-state index contributed by atoms with van der Waals surface area (Å²) in [5.74, 6) is 2.58. The number of hydrogen-bond donors (Lipinski definition) is 0. The van der Waals surface area contributed by atoms with Gasteiger partial charge in [0.1, 0.15) is 5.75 Å². The molecule has 0 N–H and O–H groups in total. The summed E-state index contributed by atoms with van der Waals surface area (Å²) < 4.78 is 16.2. The standard InChI is InChI=1S/C26H35NO3/c1-27(17-15-21-9-13-24(28-2)14-10-21)16-5-6-20-7-11-22-18-25(29-3)26(30-4)19-23(22)12-8-20/h7,9-10,13-14,18-19H,5-6,8,11-12,15-17H2,1-4H3. The maximum Gasteiger partial charge on any atom is 0.161 e. The Morgan fingerprint density at radius 2 is 1.50 bits per heavy atom. The number of allylic oxidation sites excluding steroid dienone is 2. The highest BCUT2D eigenvalue weighted by atomic mass is 16.5. The fraction of sp³-hybridized carbons (Fsp3) is 0.462. The highest BCUT2D eigenvalue weighted by Gasteiger charge is 2.14. The van der Waals surface area contributed by atoms with Crippen LogP contribution in [-0.2, 0) is 19.3 Å². The monoisotopic (exact) mass is 409 g/mol. The van der Waals surface area contributed by atoms with Gasteiger partial charge >= 0.3 is 0 Å². The van der Waals surface area contributed by atoms with E-state index in [-0.39, 0.29) is 0 Å². The van der Waals surface area contributed by atoms with Crippen molar-refractivity contribution >= 4 is 0 Å². The van der Waals surface area contributed by atoms with E-state index in [9.17, 15) is 0 Å². The van der Waals surface area contributed by atoms with Crippen LogP contribution in [0.25, 0.3) is 0 Å². The molecule has 0 saturated heterocycles. The van der Waals surface area contributed by atoms with Crippen molar-refractivity contribution in [2.75, 3.05) is 41.5 Å². The molecule has 0 fully saturated rings. The third kappa shape index (κ3) is 6.02. The van der Waals surface area contributed by atoms with E-state index in [0.717, 1.165) is 56.0 Å². The van der Waals surface area contributed by atoms with E-state index >= 15 is 0 Å². The number of hydrogen-bond acceptors (Lipinski definition) is 4. The van der Waals surface area contributed by atoms with Crippen LogP contribution in [0.3, 0.4) is 0 Å². The molecule has 0 heterocycles. The molecule has 30 heavy (non-hydrogen) atoms. The minimum absolute atomic E-state index is 0.826. The Morgan fingerprint density at radius 1 is 0.800 bits per heavy atom. The molecule has 1 aliphatic rings. The van der Waals surface area contributed by atoms with Crippen LogP contribution in [0.15, 0.2) is 48.0 Å². The van der Waals surface area contributed by atoms with Gasteiger partial charge in [-0.2, -0.15) is 0 Å². The van der Waals surface area contributed by atoms with Crippen LogP contribution in [0.4, 0.5) is 0 Å². The predicted molar refractivity (Wildman–Crippen MR) is 123 cm³/mol. The first-order chi connectivity index (χ1) is 14.6. The quantitative estimate of drug-likeness (QED) is 0.512. The Labute approximate surface area is 181 Å². The van der Waals surface area contributed by atoms with Crippen molar-refractivity contribution in [3.63, 3.8) is 0 Å². The van der Waals surface area contributed by atoms with Crippen molar-refractivity contribution in [3.05, 3.63) is 64.7 Å². The van der Waals surface area contributed by atoms with Gasteiger partial charge in [0.05, 0.1) is 21.3 Å². The maximum atomic E-state index is 5.47. The first-order valence-corrected chi connectivity index (χ1v) is 10.9. The van der Waals surface area contributed by atoms with E-state index in [1.807, 2.05) is 12.1 Å². The number of benzene rings is 2. The van der Waals surface area contributed by atoms with Gasteiger partial charge < -0.3 is 19.1 Å². The molecule has 2 aromatic carbocycles. The summed E-state index contributed by atoms with van der Waals surface area (Å²) >= 11 is 0. The summed E-state index contributed by atoms with van der Waals surface area (Å²) in [6.07, 6.45) is 9.07. The molecule has 2 aromatic rings. The lowest BCUT2D eigenvalue weighted by molar-refractivity contribution is 0.333. The fourth-order valence-electron chi connectivity index (χ4n) is 4.06. The van der Waals surface area contributed by atoms with Crippen LogP contribution in [0.2, 0.25) is 0 Å². The number of rotatable bonds is 10. The molecule has 0 spiro atoms. The Morgan fingerprint density at radius 3 is 2.17 bits per heavy atom. The Kier molecular flexibility index (Phi) is 8.21. The molecule has 0 saturated carbocycles. The van der Waals surface area contributed by atoms with Crippen molar-refractivity contribution in [1.82, 2.24) is 4.90 Å². The second-order valence-electron chi connectivity index (χ2n) is 8.05.